The van der Waals surface area contributed by atoms with E-state index in [0.717, 1.165) is 37.5 Å². The van der Waals surface area contributed by atoms with Gasteiger partial charge >= 0.3 is 0 Å². The number of aliphatic imine (C=N–C) groups is 1. The molecule has 3 rings (SSSR count). The van der Waals surface area contributed by atoms with E-state index in [1.54, 1.807) is 12.1 Å². The van der Waals surface area contributed by atoms with Gasteiger partial charge in [0.25, 0.3) is 5.91 Å². The largest absolute Gasteiger partial charge is 0.454 e. The van der Waals surface area contributed by atoms with Crippen LogP contribution in [0.5, 0.6) is 0 Å². The monoisotopic (exact) mass is 431 g/mol. The summed E-state index contributed by atoms with van der Waals surface area (Å²) in [6, 6.07) is 11.7. The summed E-state index contributed by atoms with van der Waals surface area (Å²) >= 11 is 6.25. The summed E-state index contributed by atoms with van der Waals surface area (Å²) in [6.07, 6.45) is 2.30. The summed E-state index contributed by atoms with van der Waals surface area (Å²) in [7, 11) is 2.17. The molecule has 7 nitrogen and oxygen atoms in total. The maximum absolute atomic E-state index is 11.2. The van der Waals surface area contributed by atoms with E-state index in [1.165, 1.54) is 5.56 Å². The number of amides is 1. The van der Waals surface area contributed by atoms with Crippen LogP contribution in [-0.2, 0) is 6.54 Å². The first-order valence-electron chi connectivity index (χ1n) is 10.3. The lowest BCUT2D eigenvalue weighted by atomic mass is 9.85. The van der Waals surface area contributed by atoms with Crippen molar-refractivity contribution < 1.29 is 9.21 Å². The number of carbonyl (C=O) groups excluding carboxylic acids is 1. The van der Waals surface area contributed by atoms with E-state index in [2.05, 4.69) is 39.7 Å². The minimum atomic E-state index is -0.580. The first-order valence-corrected chi connectivity index (χ1v) is 10.7. The van der Waals surface area contributed by atoms with Gasteiger partial charge in [-0.2, -0.15) is 0 Å². The van der Waals surface area contributed by atoms with Crippen molar-refractivity contribution in [2.24, 2.45) is 16.6 Å². The number of carbonyl (C=O) groups is 1. The maximum atomic E-state index is 11.2. The molecule has 4 N–H and O–H groups in total. The van der Waals surface area contributed by atoms with Gasteiger partial charge in [0.15, 0.2) is 11.7 Å². The van der Waals surface area contributed by atoms with Crippen LogP contribution < -0.4 is 16.4 Å². The molecule has 2 atom stereocenters. The van der Waals surface area contributed by atoms with Gasteiger partial charge in [0.1, 0.15) is 12.3 Å². The second-order valence-electron chi connectivity index (χ2n) is 7.59. The van der Waals surface area contributed by atoms with Crippen molar-refractivity contribution in [2.75, 3.05) is 26.7 Å². The van der Waals surface area contributed by atoms with E-state index in [0.29, 0.717) is 30.2 Å². The highest BCUT2D eigenvalue weighted by atomic mass is 35.5. The third-order valence-electron chi connectivity index (χ3n) is 5.37. The summed E-state index contributed by atoms with van der Waals surface area (Å²) in [6.45, 7) is 4.96. The number of likely N-dealkylation sites (tertiary alicyclic amines) is 1. The van der Waals surface area contributed by atoms with Crippen molar-refractivity contribution in [1.29, 1.82) is 0 Å². The fraction of sp³-hybridized carbons (Fsp3) is 0.455. The summed E-state index contributed by atoms with van der Waals surface area (Å²) in [5.41, 5.74) is 6.48. The maximum Gasteiger partial charge on any atom is 0.284 e. The van der Waals surface area contributed by atoms with E-state index >= 15 is 0 Å². The van der Waals surface area contributed by atoms with Gasteiger partial charge in [0.05, 0.1) is 0 Å². The third kappa shape index (κ3) is 5.77. The van der Waals surface area contributed by atoms with E-state index < -0.39 is 5.91 Å². The molecule has 2 unspecified atom stereocenters. The Kier molecular flexibility index (Phi) is 7.76. The number of hydrogen-bond acceptors (Lipinski definition) is 4. The van der Waals surface area contributed by atoms with E-state index in [1.807, 2.05) is 19.1 Å². The first-order chi connectivity index (χ1) is 14.5. The van der Waals surface area contributed by atoms with Crippen molar-refractivity contribution in [2.45, 2.75) is 32.4 Å². The van der Waals surface area contributed by atoms with Crippen LogP contribution in [0.2, 0.25) is 5.02 Å². The second kappa shape index (κ2) is 10.5. The number of piperidine rings is 1. The van der Waals surface area contributed by atoms with Crippen LogP contribution in [0.1, 0.15) is 47.7 Å². The number of halogens is 1. The molecule has 0 aliphatic carbocycles. The highest BCUT2D eigenvalue weighted by molar-refractivity contribution is 6.30. The molecule has 0 saturated carbocycles. The number of nitrogens with two attached hydrogens (primary N) is 1. The Morgan fingerprint density at radius 3 is 2.87 bits per heavy atom. The molecule has 2 aromatic rings. The Bertz CT molecular complexity index is 882. The molecule has 162 valence electrons. The Morgan fingerprint density at radius 1 is 1.33 bits per heavy atom. The van der Waals surface area contributed by atoms with Gasteiger partial charge in [-0.05, 0) is 69.1 Å². The highest BCUT2D eigenvalue weighted by Crippen LogP contribution is 2.35. The number of rotatable bonds is 7. The standard InChI is InChI=1S/C22H30ClN5O2/c1-3-25-22(27-14-18-9-10-19(30-18)21(24)29)26-13-16-7-5-11-28(2)20(16)15-6-4-8-17(23)12-15/h4,6,8-10,12,16,20H,3,5,7,11,13-14H2,1-2H3,(H2,24,29)(H2,25,26,27). The number of nitrogens with one attached hydrogen (secondary N) is 2. The van der Waals surface area contributed by atoms with Crippen LogP contribution >= 0.6 is 11.6 Å². The molecular formula is C22H30ClN5O2. The van der Waals surface area contributed by atoms with Gasteiger partial charge in [-0.25, -0.2) is 4.99 Å². The lowest BCUT2D eigenvalue weighted by Gasteiger charge is -2.40. The van der Waals surface area contributed by atoms with Crippen LogP contribution in [0.25, 0.3) is 0 Å². The molecule has 1 aliphatic heterocycles. The number of furan rings is 1. The number of primary amides is 1. The SMILES string of the molecule is CCNC(=NCc1ccc(C(N)=O)o1)NCC1CCCN(C)C1c1cccc(Cl)c1. The Balaban J connectivity index is 1.67. The molecule has 2 heterocycles. The topological polar surface area (TPSA) is 95.9 Å². The average molecular weight is 432 g/mol. The minimum absolute atomic E-state index is 0.146. The summed E-state index contributed by atoms with van der Waals surface area (Å²) < 4.78 is 5.41. The average Bonchev–Trinajstić information content (AvgIpc) is 3.19. The second-order valence-corrected chi connectivity index (χ2v) is 8.03. The lowest BCUT2D eigenvalue weighted by Crippen LogP contribution is -2.45. The molecular weight excluding hydrogens is 402 g/mol. The van der Waals surface area contributed by atoms with E-state index in [4.69, 9.17) is 21.8 Å². The zero-order chi connectivity index (χ0) is 21.5. The molecule has 1 fully saturated rings. The molecule has 0 radical (unpaired) electrons. The molecule has 0 bridgehead atoms. The smallest absolute Gasteiger partial charge is 0.284 e. The van der Waals surface area contributed by atoms with Crippen LogP contribution in [-0.4, -0.2) is 43.4 Å². The van der Waals surface area contributed by atoms with Crippen molar-refractivity contribution in [3.05, 3.63) is 58.5 Å². The third-order valence-corrected chi connectivity index (χ3v) is 5.61. The number of guanidine groups is 1. The summed E-state index contributed by atoms with van der Waals surface area (Å²) in [4.78, 5) is 18.2. The van der Waals surface area contributed by atoms with Crippen molar-refractivity contribution in [1.82, 2.24) is 15.5 Å². The first kappa shape index (κ1) is 22.2. The minimum Gasteiger partial charge on any atom is -0.454 e. The Morgan fingerprint density at radius 2 is 2.17 bits per heavy atom. The quantitative estimate of drug-likeness (QED) is 0.462. The van der Waals surface area contributed by atoms with Crippen LogP contribution in [0.3, 0.4) is 0 Å². The molecule has 0 spiro atoms. The summed E-state index contributed by atoms with van der Waals surface area (Å²) in [5.74, 6) is 1.30. The fourth-order valence-corrected chi connectivity index (χ4v) is 4.21. The normalized spacial score (nSPS) is 20.2. The fourth-order valence-electron chi connectivity index (χ4n) is 4.01. The van der Waals surface area contributed by atoms with E-state index in [9.17, 15) is 4.79 Å². The Hall–Kier alpha value is -2.51. The van der Waals surface area contributed by atoms with Crippen LogP contribution in [0.15, 0.2) is 45.8 Å². The van der Waals surface area contributed by atoms with Crippen molar-refractivity contribution in [3.8, 4) is 0 Å². The number of hydrogen-bond donors (Lipinski definition) is 3. The van der Waals surface area contributed by atoms with Gasteiger partial charge in [-0.1, -0.05) is 23.7 Å². The lowest BCUT2D eigenvalue weighted by molar-refractivity contribution is 0.0972. The van der Waals surface area contributed by atoms with Crippen molar-refractivity contribution in [3.63, 3.8) is 0 Å². The van der Waals surface area contributed by atoms with E-state index in [-0.39, 0.29) is 5.76 Å². The molecule has 8 heteroatoms. The molecule has 30 heavy (non-hydrogen) atoms. The van der Waals surface area contributed by atoms with Crippen LogP contribution in [0.4, 0.5) is 0 Å². The zero-order valence-electron chi connectivity index (χ0n) is 17.5. The molecule has 1 aliphatic rings. The van der Waals surface area contributed by atoms with Gasteiger partial charge in [0, 0.05) is 24.2 Å². The Labute approximate surface area is 182 Å². The zero-order valence-corrected chi connectivity index (χ0v) is 18.3. The molecule has 1 aromatic heterocycles. The number of nitrogens with zero attached hydrogens (tertiary/aromatic N) is 2. The molecule has 1 saturated heterocycles. The number of benzene rings is 1. The van der Waals surface area contributed by atoms with Crippen molar-refractivity contribution >= 4 is 23.5 Å². The van der Waals surface area contributed by atoms with Gasteiger partial charge < -0.3 is 20.8 Å². The van der Waals surface area contributed by atoms with Crippen LogP contribution in [0, 0.1) is 5.92 Å². The molecule has 1 amide bonds. The predicted molar refractivity (Wildman–Crippen MR) is 120 cm³/mol. The highest BCUT2D eigenvalue weighted by Gasteiger charge is 2.30. The predicted octanol–water partition coefficient (Wildman–Crippen LogP) is 3.17. The van der Waals surface area contributed by atoms with Gasteiger partial charge in [-0.15, -0.1) is 0 Å². The van der Waals surface area contributed by atoms with Gasteiger partial charge in [-0.3, -0.25) is 9.69 Å². The molecule has 1 aromatic carbocycles. The summed E-state index contributed by atoms with van der Waals surface area (Å²) in [5, 5.41) is 7.50. The van der Waals surface area contributed by atoms with Gasteiger partial charge in [0.2, 0.25) is 0 Å².